The number of halogens is 1. The van der Waals surface area contributed by atoms with Crippen molar-refractivity contribution in [1.82, 2.24) is 0 Å². The van der Waals surface area contributed by atoms with Gasteiger partial charge in [-0.05, 0) is 18.1 Å². The SMILES string of the molecule is N#CC1=C(N)OC2=C(C(=O)CCC2)[C@@H]1c1ccccc1Cl. The maximum Gasteiger partial charge on any atom is 0.205 e. The van der Waals surface area contributed by atoms with Gasteiger partial charge in [-0.15, -0.1) is 0 Å². The highest BCUT2D eigenvalue weighted by Crippen LogP contribution is 2.44. The van der Waals surface area contributed by atoms with Gasteiger partial charge in [0.15, 0.2) is 5.78 Å². The molecule has 0 fully saturated rings. The molecule has 0 saturated carbocycles. The van der Waals surface area contributed by atoms with Crippen LogP contribution in [-0.2, 0) is 9.53 Å². The molecule has 0 unspecified atom stereocenters. The van der Waals surface area contributed by atoms with Crippen molar-refractivity contribution in [3.8, 4) is 6.07 Å². The quantitative estimate of drug-likeness (QED) is 0.864. The molecule has 1 aromatic rings. The molecule has 2 N–H and O–H groups in total. The second kappa shape index (κ2) is 5.27. The molecule has 2 aliphatic rings. The third kappa shape index (κ3) is 2.20. The van der Waals surface area contributed by atoms with Gasteiger partial charge in [0.2, 0.25) is 5.88 Å². The number of hydrogen-bond acceptors (Lipinski definition) is 4. The molecule has 3 rings (SSSR count). The minimum atomic E-state index is -0.528. The molecule has 106 valence electrons. The van der Waals surface area contributed by atoms with Crippen molar-refractivity contribution in [3.05, 3.63) is 57.6 Å². The number of carbonyl (C=O) groups is 1. The van der Waals surface area contributed by atoms with Crippen LogP contribution in [0.3, 0.4) is 0 Å². The normalized spacial score (nSPS) is 21.7. The van der Waals surface area contributed by atoms with Gasteiger partial charge in [0, 0.05) is 23.4 Å². The van der Waals surface area contributed by atoms with Crippen LogP contribution in [-0.4, -0.2) is 5.78 Å². The number of benzene rings is 1. The number of carbonyl (C=O) groups excluding carboxylic acids is 1. The standard InChI is InChI=1S/C16H13ClN2O2/c17-11-5-2-1-4-9(11)14-10(8-18)16(19)21-13-7-3-6-12(20)15(13)14/h1-2,4-5,14H,3,6-7,19H2/t14-/m1/s1. The topological polar surface area (TPSA) is 76.1 Å². The van der Waals surface area contributed by atoms with Crippen LogP contribution in [0.1, 0.15) is 30.7 Å². The lowest BCUT2D eigenvalue weighted by atomic mass is 9.77. The van der Waals surface area contributed by atoms with Crippen LogP contribution in [0.25, 0.3) is 0 Å². The van der Waals surface area contributed by atoms with E-state index in [4.69, 9.17) is 22.1 Å². The van der Waals surface area contributed by atoms with Gasteiger partial charge in [-0.25, -0.2) is 0 Å². The van der Waals surface area contributed by atoms with E-state index in [1.807, 2.05) is 18.2 Å². The molecule has 4 nitrogen and oxygen atoms in total. The van der Waals surface area contributed by atoms with Crippen molar-refractivity contribution in [2.75, 3.05) is 0 Å². The summed E-state index contributed by atoms with van der Waals surface area (Å²) in [6, 6.07) is 9.26. The van der Waals surface area contributed by atoms with Crippen molar-refractivity contribution in [1.29, 1.82) is 5.26 Å². The molecule has 1 atom stereocenters. The molecule has 0 amide bonds. The van der Waals surface area contributed by atoms with Crippen LogP contribution in [0.2, 0.25) is 5.02 Å². The Kier molecular flexibility index (Phi) is 3.44. The van der Waals surface area contributed by atoms with Gasteiger partial charge < -0.3 is 10.5 Å². The molecular formula is C16H13ClN2O2. The van der Waals surface area contributed by atoms with E-state index in [1.54, 1.807) is 6.07 Å². The zero-order valence-corrected chi connectivity index (χ0v) is 12.0. The van der Waals surface area contributed by atoms with Gasteiger partial charge in [0.25, 0.3) is 0 Å². The highest BCUT2D eigenvalue weighted by atomic mass is 35.5. The number of nitrogens with zero attached hydrogens (tertiary/aromatic N) is 1. The van der Waals surface area contributed by atoms with E-state index in [9.17, 15) is 10.1 Å². The Labute approximate surface area is 127 Å². The lowest BCUT2D eigenvalue weighted by molar-refractivity contribution is -0.116. The molecule has 1 aromatic carbocycles. The van der Waals surface area contributed by atoms with E-state index in [0.717, 1.165) is 6.42 Å². The number of ketones is 1. The molecule has 0 spiro atoms. The molecule has 0 radical (unpaired) electrons. The zero-order valence-electron chi connectivity index (χ0n) is 11.2. The minimum absolute atomic E-state index is 0.00131. The number of rotatable bonds is 1. The maximum atomic E-state index is 12.3. The molecule has 21 heavy (non-hydrogen) atoms. The van der Waals surface area contributed by atoms with Crippen molar-refractivity contribution in [2.24, 2.45) is 5.73 Å². The second-order valence-corrected chi connectivity index (χ2v) is 5.47. The van der Waals surface area contributed by atoms with E-state index in [2.05, 4.69) is 6.07 Å². The average molecular weight is 301 g/mol. The van der Waals surface area contributed by atoms with Gasteiger partial charge in [0.1, 0.15) is 17.4 Å². The summed E-state index contributed by atoms with van der Waals surface area (Å²) < 4.78 is 5.51. The molecule has 0 saturated heterocycles. The summed E-state index contributed by atoms with van der Waals surface area (Å²) in [4.78, 5) is 12.3. The van der Waals surface area contributed by atoms with Crippen molar-refractivity contribution >= 4 is 17.4 Å². The number of ether oxygens (including phenoxy) is 1. The highest BCUT2D eigenvalue weighted by Gasteiger charge is 2.38. The fourth-order valence-corrected chi connectivity index (χ4v) is 3.12. The van der Waals surface area contributed by atoms with Gasteiger partial charge in [-0.3, -0.25) is 4.79 Å². The van der Waals surface area contributed by atoms with E-state index in [-0.39, 0.29) is 17.2 Å². The molecular weight excluding hydrogens is 288 g/mol. The predicted octanol–water partition coefficient (Wildman–Crippen LogP) is 3.15. The first-order valence-electron chi connectivity index (χ1n) is 6.71. The summed E-state index contributed by atoms with van der Waals surface area (Å²) >= 11 is 6.26. The van der Waals surface area contributed by atoms with E-state index >= 15 is 0 Å². The largest absolute Gasteiger partial charge is 0.444 e. The van der Waals surface area contributed by atoms with Crippen LogP contribution in [0.15, 0.2) is 47.1 Å². The van der Waals surface area contributed by atoms with Crippen LogP contribution in [0, 0.1) is 11.3 Å². The number of Topliss-reactive ketones (excluding diaryl/α,β-unsaturated/α-hetero) is 1. The Morgan fingerprint density at radius 1 is 1.33 bits per heavy atom. The second-order valence-electron chi connectivity index (χ2n) is 5.06. The van der Waals surface area contributed by atoms with Gasteiger partial charge in [-0.2, -0.15) is 5.26 Å². The van der Waals surface area contributed by atoms with E-state index < -0.39 is 5.92 Å². The van der Waals surface area contributed by atoms with Crippen LogP contribution < -0.4 is 5.73 Å². The van der Waals surface area contributed by atoms with Gasteiger partial charge in [0.05, 0.1) is 5.92 Å². The summed E-state index contributed by atoms with van der Waals surface area (Å²) in [7, 11) is 0. The van der Waals surface area contributed by atoms with E-state index in [0.29, 0.717) is 34.8 Å². The van der Waals surface area contributed by atoms with Crippen LogP contribution in [0.5, 0.6) is 0 Å². The number of hydrogen-bond donors (Lipinski definition) is 1. The number of nitrogens with two attached hydrogens (primary N) is 1. The van der Waals surface area contributed by atoms with Crippen LogP contribution >= 0.6 is 11.6 Å². The van der Waals surface area contributed by atoms with E-state index in [1.165, 1.54) is 0 Å². The Hall–Kier alpha value is -2.25. The Balaban J connectivity index is 2.23. The minimum Gasteiger partial charge on any atom is -0.444 e. The first kappa shape index (κ1) is 13.7. The van der Waals surface area contributed by atoms with Gasteiger partial charge in [-0.1, -0.05) is 29.8 Å². The fraction of sp³-hybridized carbons (Fsp3) is 0.250. The Morgan fingerprint density at radius 3 is 2.81 bits per heavy atom. The Morgan fingerprint density at radius 2 is 2.10 bits per heavy atom. The summed E-state index contributed by atoms with van der Waals surface area (Å²) in [5.74, 6) is 0.116. The molecule has 0 aromatic heterocycles. The smallest absolute Gasteiger partial charge is 0.205 e. The van der Waals surface area contributed by atoms with Crippen LogP contribution in [0.4, 0.5) is 0 Å². The summed E-state index contributed by atoms with van der Waals surface area (Å²) in [5, 5.41) is 9.93. The molecule has 1 heterocycles. The van der Waals surface area contributed by atoms with Crippen molar-refractivity contribution in [3.63, 3.8) is 0 Å². The lowest BCUT2D eigenvalue weighted by Gasteiger charge is -2.31. The third-order valence-corrected chi connectivity index (χ3v) is 4.17. The van der Waals surface area contributed by atoms with Crippen molar-refractivity contribution in [2.45, 2.75) is 25.2 Å². The molecule has 0 bridgehead atoms. The Bertz CT molecular complexity index is 728. The first-order valence-corrected chi connectivity index (χ1v) is 7.09. The average Bonchev–Trinajstić information content (AvgIpc) is 2.47. The molecule has 1 aliphatic heterocycles. The molecule has 1 aliphatic carbocycles. The third-order valence-electron chi connectivity index (χ3n) is 3.82. The predicted molar refractivity (Wildman–Crippen MR) is 78.0 cm³/mol. The number of allylic oxidation sites excluding steroid dienone is 3. The molecule has 5 heteroatoms. The summed E-state index contributed by atoms with van der Waals surface area (Å²) in [6.45, 7) is 0. The number of nitriles is 1. The van der Waals surface area contributed by atoms with Crippen molar-refractivity contribution < 1.29 is 9.53 Å². The first-order chi connectivity index (χ1) is 10.1. The van der Waals surface area contributed by atoms with Gasteiger partial charge >= 0.3 is 0 Å². The lowest BCUT2D eigenvalue weighted by Crippen LogP contribution is -2.27. The monoisotopic (exact) mass is 300 g/mol. The fourth-order valence-electron chi connectivity index (χ4n) is 2.88. The highest BCUT2D eigenvalue weighted by molar-refractivity contribution is 6.31. The zero-order chi connectivity index (χ0) is 15.0. The summed E-state index contributed by atoms with van der Waals surface area (Å²) in [5.41, 5.74) is 7.35. The maximum absolute atomic E-state index is 12.3. The summed E-state index contributed by atoms with van der Waals surface area (Å²) in [6.07, 6.45) is 1.85.